The van der Waals surface area contributed by atoms with E-state index in [0.29, 0.717) is 5.06 Å². The van der Waals surface area contributed by atoms with Gasteiger partial charge in [-0.05, 0) is 0 Å². The molecule has 13 nitrogen and oxygen atoms in total. The van der Waals surface area contributed by atoms with Gasteiger partial charge in [0, 0.05) is 25.8 Å². The molecule has 3 amide bonds. The fourth-order valence-corrected chi connectivity index (χ4v) is 2.18. The quantitative estimate of drug-likeness (QED) is 0.0742. The first kappa shape index (κ1) is 25.9. The molecule has 168 valence electrons. The van der Waals surface area contributed by atoms with Gasteiger partial charge in [0.2, 0.25) is 5.91 Å². The van der Waals surface area contributed by atoms with Gasteiger partial charge in [-0.25, -0.2) is 4.79 Å². The lowest BCUT2D eigenvalue weighted by Gasteiger charge is -2.16. The zero-order valence-electron chi connectivity index (χ0n) is 16.3. The summed E-state index contributed by atoms with van der Waals surface area (Å²) in [6, 6.07) is 0. The highest BCUT2D eigenvalue weighted by Crippen LogP contribution is 2.12. The summed E-state index contributed by atoms with van der Waals surface area (Å²) in [4.78, 5) is 50.5. The fourth-order valence-electron chi connectivity index (χ4n) is 2.18. The summed E-state index contributed by atoms with van der Waals surface area (Å²) < 4.78 is 10.2. The molecule has 2 radical (unpaired) electrons. The van der Waals surface area contributed by atoms with Crippen LogP contribution in [0.25, 0.3) is 0 Å². The number of rotatable bonds is 15. The number of nitrogens with one attached hydrogen (secondary N) is 2. The Labute approximate surface area is 174 Å². The smallest absolute Gasteiger partial charge is 0.333 e. The predicted molar refractivity (Wildman–Crippen MR) is 98.0 cm³/mol. The van der Waals surface area contributed by atoms with E-state index in [4.69, 9.17) is 22.4 Å². The van der Waals surface area contributed by atoms with E-state index in [2.05, 4.69) is 15.5 Å². The number of hydrogen-bond acceptors (Lipinski definition) is 11. The number of carbonyl (C=O) groups is 4. The van der Waals surface area contributed by atoms with E-state index >= 15 is 0 Å². The molecule has 5 N–H and O–H groups in total. The van der Waals surface area contributed by atoms with E-state index in [-0.39, 0.29) is 58.7 Å². The van der Waals surface area contributed by atoms with Crippen LogP contribution in [0.15, 0.2) is 0 Å². The molecule has 0 bridgehead atoms. The molecule has 0 saturated carbocycles. The summed E-state index contributed by atoms with van der Waals surface area (Å²) in [6.45, 7) is -0.105. The van der Waals surface area contributed by atoms with Crippen molar-refractivity contribution in [1.29, 1.82) is 0 Å². The molecule has 0 aromatic carbocycles. The van der Waals surface area contributed by atoms with Gasteiger partial charge in [0.05, 0.1) is 45.1 Å². The SMILES string of the molecule is [B]C(O)NC(O)COCCOCC(O)CNC(=O)CCC(=O)ON1C(=O)CCC1=O. The number of amides is 3. The van der Waals surface area contributed by atoms with E-state index in [1.165, 1.54) is 0 Å². The second-order valence-corrected chi connectivity index (χ2v) is 6.28. The molecule has 3 atom stereocenters. The van der Waals surface area contributed by atoms with Crippen LogP contribution in [0.2, 0.25) is 0 Å². The largest absolute Gasteiger partial charge is 0.389 e. The zero-order valence-corrected chi connectivity index (χ0v) is 16.3. The number of hydroxylamine groups is 2. The number of hydrogen-bond donors (Lipinski definition) is 5. The van der Waals surface area contributed by atoms with Gasteiger partial charge in [0.1, 0.15) is 14.1 Å². The summed E-state index contributed by atoms with van der Waals surface area (Å²) in [7, 11) is 5.00. The molecular formula is C16H26BN3O10. The third-order valence-corrected chi connectivity index (χ3v) is 3.61. The molecule has 0 aliphatic carbocycles. The number of carbonyl (C=O) groups excluding carboxylic acids is 4. The van der Waals surface area contributed by atoms with Crippen molar-refractivity contribution in [1.82, 2.24) is 15.7 Å². The lowest BCUT2D eigenvalue weighted by Crippen LogP contribution is -2.41. The summed E-state index contributed by atoms with van der Waals surface area (Å²) in [5.74, 6) is -2.63. The van der Waals surface area contributed by atoms with Crippen molar-refractivity contribution in [2.45, 2.75) is 44.1 Å². The van der Waals surface area contributed by atoms with Gasteiger partial charge in [0.15, 0.2) is 0 Å². The molecule has 30 heavy (non-hydrogen) atoms. The third kappa shape index (κ3) is 11.2. The van der Waals surface area contributed by atoms with E-state index in [1.807, 2.05) is 0 Å². The number of aliphatic hydroxyl groups is 3. The highest BCUT2D eigenvalue weighted by molar-refractivity contribution is 6.10. The first-order chi connectivity index (χ1) is 14.2. The van der Waals surface area contributed by atoms with Crippen molar-refractivity contribution in [3.8, 4) is 0 Å². The summed E-state index contributed by atoms with van der Waals surface area (Å²) in [5, 5.41) is 32.8. The third-order valence-electron chi connectivity index (χ3n) is 3.61. The number of aliphatic hydroxyl groups excluding tert-OH is 3. The first-order valence-electron chi connectivity index (χ1n) is 9.23. The van der Waals surface area contributed by atoms with Crippen LogP contribution in [0.1, 0.15) is 25.7 Å². The molecule has 0 aromatic heterocycles. The van der Waals surface area contributed by atoms with Crippen molar-refractivity contribution in [3.63, 3.8) is 0 Å². The van der Waals surface area contributed by atoms with Gasteiger partial charge in [-0.3, -0.25) is 19.7 Å². The van der Waals surface area contributed by atoms with E-state index in [0.717, 1.165) is 0 Å². The van der Waals surface area contributed by atoms with Crippen LogP contribution in [-0.4, -0.2) is 103 Å². The van der Waals surface area contributed by atoms with Crippen LogP contribution >= 0.6 is 0 Å². The van der Waals surface area contributed by atoms with Crippen LogP contribution in [-0.2, 0) is 33.5 Å². The minimum atomic E-state index is -1.37. The van der Waals surface area contributed by atoms with Crippen LogP contribution in [0.5, 0.6) is 0 Å². The average Bonchev–Trinajstić information content (AvgIpc) is 2.98. The zero-order chi connectivity index (χ0) is 22.5. The number of imide groups is 1. The number of ether oxygens (including phenoxy) is 2. The molecule has 1 heterocycles. The highest BCUT2D eigenvalue weighted by atomic mass is 16.7. The Morgan fingerprint density at radius 2 is 1.63 bits per heavy atom. The first-order valence-corrected chi connectivity index (χ1v) is 9.23. The molecule has 1 aliphatic heterocycles. The van der Waals surface area contributed by atoms with Gasteiger partial charge in [-0.1, -0.05) is 0 Å². The van der Waals surface area contributed by atoms with Crippen LogP contribution < -0.4 is 10.6 Å². The molecule has 0 spiro atoms. The Balaban J connectivity index is 2.03. The van der Waals surface area contributed by atoms with Crippen molar-refractivity contribution in [2.24, 2.45) is 0 Å². The Morgan fingerprint density at radius 1 is 1.03 bits per heavy atom. The maximum atomic E-state index is 11.7. The Kier molecular flexibility index (Phi) is 12.1. The van der Waals surface area contributed by atoms with Crippen LogP contribution in [0.3, 0.4) is 0 Å². The fraction of sp³-hybridized carbons (Fsp3) is 0.750. The van der Waals surface area contributed by atoms with Gasteiger partial charge in [-0.15, -0.1) is 5.06 Å². The van der Waals surface area contributed by atoms with Crippen LogP contribution in [0, 0.1) is 0 Å². The molecule has 3 unspecified atom stereocenters. The van der Waals surface area contributed by atoms with Gasteiger partial charge < -0.3 is 34.9 Å². The van der Waals surface area contributed by atoms with Gasteiger partial charge in [0.25, 0.3) is 11.8 Å². The lowest BCUT2D eigenvalue weighted by atomic mass is 10.1. The number of nitrogens with zero attached hydrogens (tertiary/aromatic N) is 1. The van der Waals surface area contributed by atoms with Crippen molar-refractivity contribution < 1.29 is 48.8 Å². The Bertz CT molecular complexity index is 576. The standard InChI is InChI=1S/C16H26BN3O10/c17-16(27)19-12(23)9-29-6-5-28-8-10(21)7-18-11(22)1-4-15(26)30-20-13(24)2-3-14(20)25/h10,12,16,19,21,23,27H,1-9H2,(H,18,22). The minimum absolute atomic E-state index is 0.0176. The average molecular weight is 431 g/mol. The maximum Gasteiger partial charge on any atom is 0.333 e. The van der Waals surface area contributed by atoms with Crippen LogP contribution in [0.4, 0.5) is 0 Å². The van der Waals surface area contributed by atoms with Crippen molar-refractivity contribution in [3.05, 3.63) is 0 Å². The van der Waals surface area contributed by atoms with Crippen molar-refractivity contribution in [2.75, 3.05) is 33.0 Å². The normalized spacial score (nSPS) is 17.0. The Hall–Kier alpha value is -2.10. The lowest BCUT2D eigenvalue weighted by molar-refractivity contribution is -0.197. The highest BCUT2D eigenvalue weighted by Gasteiger charge is 2.32. The van der Waals surface area contributed by atoms with Gasteiger partial charge in [-0.2, -0.15) is 0 Å². The second-order valence-electron chi connectivity index (χ2n) is 6.28. The molecule has 0 aromatic rings. The van der Waals surface area contributed by atoms with E-state index < -0.39 is 42.1 Å². The van der Waals surface area contributed by atoms with E-state index in [1.54, 1.807) is 0 Å². The topological polar surface area (TPSA) is 184 Å². The minimum Gasteiger partial charge on any atom is -0.389 e. The predicted octanol–water partition coefficient (Wildman–Crippen LogP) is -3.76. The summed E-state index contributed by atoms with van der Waals surface area (Å²) in [6.07, 6.45) is -4.12. The second kappa shape index (κ2) is 14.0. The monoisotopic (exact) mass is 431 g/mol. The van der Waals surface area contributed by atoms with E-state index in [9.17, 15) is 29.4 Å². The summed E-state index contributed by atoms with van der Waals surface area (Å²) >= 11 is 0. The molecule has 1 saturated heterocycles. The molecule has 14 heteroatoms. The maximum absolute atomic E-state index is 11.7. The molecular weight excluding hydrogens is 405 g/mol. The van der Waals surface area contributed by atoms with Gasteiger partial charge >= 0.3 is 5.97 Å². The summed E-state index contributed by atoms with van der Waals surface area (Å²) in [5.41, 5.74) is 0. The van der Waals surface area contributed by atoms with Crippen molar-refractivity contribution >= 4 is 31.5 Å². The molecule has 1 rings (SSSR count). The Morgan fingerprint density at radius 3 is 2.23 bits per heavy atom. The molecule has 1 fully saturated rings. The molecule has 1 aliphatic rings.